The third-order valence-electron chi connectivity index (χ3n) is 5.11. The summed E-state index contributed by atoms with van der Waals surface area (Å²) in [6, 6.07) is 13.0. The molecule has 1 fully saturated rings. The van der Waals surface area contributed by atoms with Crippen molar-refractivity contribution in [3.63, 3.8) is 0 Å². The minimum Gasteiger partial charge on any atom is -0.497 e. The fraction of sp³-hybridized carbons (Fsp3) is 0.391. The molecule has 2 aromatic rings. The Kier molecular flexibility index (Phi) is 6.82. The van der Waals surface area contributed by atoms with Crippen molar-refractivity contribution in [3.8, 4) is 11.5 Å². The molecule has 0 spiro atoms. The lowest BCUT2D eigenvalue weighted by Gasteiger charge is -2.36. The second-order valence-corrected chi connectivity index (χ2v) is 7.59. The molecular formula is C23H29N3O4. The third-order valence-corrected chi connectivity index (χ3v) is 5.11. The second-order valence-electron chi connectivity index (χ2n) is 7.59. The lowest BCUT2D eigenvalue weighted by Crippen LogP contribution is -2.49. The maximum Gasteiger partial charge on any atom is 0.324 e. The monoisotopic (exact) mass is 411 g/mol. The van der Waals surface area contributed by atoms with Gasteiger partial charge >= 0.3 is 6.03 Å². The van der Waals surface area contributed by atoms with Crippen LogP contribution in [-0.4, -0.2) is 44.1 Å². The van der Waals surface area contributed by atoms with Gasteiger partial charge in [0.1, 0.15) is 11.5 Å². The number of nitrogens with one attached hydrogen (secondary N) is 1. The van der Waals surface area contributed by atoms with E-state index in [1.54, 1.807) is 37.3 Å². The van der Waals surface area contributed by atoms with Crippen LogP contribution < -0.4 is 19.7 Å². The summed E-state index contributed by atoms with van der Waals surface area (Å²) in [5, 5.41) is 2.89. The van der Waals surface area contributed by atoms with E-state index in [1.165, 1.54) is 0 Å². The molecule has 0 bridgehead atoms. The molecule has 0 atom stereocenters. The van der Waals surface area contributed by atoms with E-state index in [9.17, 15) is 9.59 Å². The van der Waals surface area contributed by atoms with Gasteiger partial charge in [-0.05, 0) is 42.3 Å². The standard InChI is InChI=1S/C23H29N3O4/c1-16(2)22(27)24-18-8-11-21(30-4)20(14-18)26-13-5-12-25(23(26)28)15-17-6-9-19(29-3)10-7-17/h6-11,14,16H,5,12-13,15H2,1-4H3,(H,24,27). The van der Waals surface area contributed by atoms with Crippen molar-refractivity contribution in [3.05, 3.63) is 48.0 Å². The predicted octanol–water partition coefficient (Wildman–Crippen LogP) is 4.13. The molecule has 1 saturated heterocycles. The van der Waals surface area contributed by atoms with Gasteiger partial charge in [-0.25, -0.2) is 4.79 Å². The van der Waals surface area contributed by atoms with Gasteiger partial charge in [0.25, 0.3) is 0 Å². The number of carbonyl (C=O) groups excluding carboxylic acids is 2. The summed E-state index contributed by atoms with van der Waals surface area (Å²) in [6.07, 6.45) is 0.841. The molecule has 3 amide bonds. The Morgan fingerprint density at radius 2 is 1.80 bits per heavy atom. The third kappa shape index (κ3) is 4.84. The van der Waals surface area contributed by atoms with Crippen LogP contribution in [0.2, 0.25) is 0 Å². The van der Waals surface area contributed by atoms with Gasteiger partial charge in [-0.1, -0.05) is 26.0 Å². The van der Waals surface area contributed by atoms with Gasteiger partial charge in [0.2, 0.25) is 5.91 Å². The average Bonchev–Trinajstić information content (AvgIpc) is 2.75. The van der Waals surface area contributed by atoms with E-state index in [4.69, 9.17) is 9.47 Å². The molecule has 1 aliphatic heterocycles. The van der Waals surface area contributed by atoms with Crippen LogP contribution in [-0.2, 0) is 11.3 Å². The van der Waals surface area contributed by atoms with Gasteiger partial charge in [0.15, 0.2) is 0 Å². The molecule has 30 heavy (non-hydrogen) atoms. The Balaban J connectivity index is 1.81. The minimum atomic E-state index is -0.132. The lowest BCUT2D eigenvalue weighted by atomic mass is 10.1. The number of hydrogen-bond acceptors (Lipinski definition) is 4. The summed E-state index contributed by atoms with van der Waals surface area (Å²) in [4.78, 5) is 28.9. The molecule has 0 aromatic heterocycles. The highest BCUT2D eigenvalue weighted by Gasteiger charge is 2.29. The summed E-state index contributed by atoms with van der Waals surface area (Å²) >= 11 is 0. The average molecular weight is 412 g/mol. The van der Waals surface area contributed by atoms with Gasteiger partial charge in [0.05, 0.1) is 19.9 Å². The van der Waals surface area contributed by atoms with Crippen molar-refractivity contribution < 1.29 is 19.1 Å². The van der Waals surface area contributed by atoms with E-state index < -0.39 is 0 Å². The molecule has 1 aliphatic rings. The number of rotatable bonds is 7. The molecule has 7 heteroatoms. The molecule has 0 radical (unpaired) electrons. The summed E-state index contributed by atoms with van der Waals surface area (Å²) < 4.78 is 10.7. The van der Waals surface area contributed by atoms with Crippen molar-refractivity contribution in [2.45, 2.75) is 26.8 Å². The Bertz CT molecular complexity index is 896. The highest BCUT2D eigenvalue weighted by Crippen LogP contribution is 2.34. The zero-order chi connectivity index (χ0) is 21.7. The van der Waals surface area contributed by atoms with Gasteiger partial charge in [-0.2, -0.15) is 0 Å². The number of hydrogen-bond donors (Lipinski definition) is 1. The molecule has 160 valence electrons. The molecule has 3 rings (SSSR count). The number of amides is 3. The Morgan fingerprint density at radius 1 is 1.07 bits per heavy atom. The Labute approximate surface area is 177 Å². The summed E-state index contributed by atoms with van der Waals surface area (Å²) in [7, 11) is 3.21. The molecule has 1 N–H and O–H groups in total. The van der Waals surface area contributed by atoms with Crippen molar-refractivity contribution in [2.24, 2.45) is 5.92 Å². The van der Waals surface area contributed by atoms with Crippen LogP contribution >= 0.6 is 0 Å². The zero-order valence-corrected chi connectivity index (χ0v) is 18.0. The van der Waals surface area contributed by atoms with Crippen LogP contribution in [0.3, 0.4) is 0 Å². The normalized spacial score (nSPS) is 14.1. The number of methoxy groups -OCH3 is 2. The first-order valence-corrected chi connectivity index (χ1v) is 10.1. The number of carbonyl (C=O) groups is 2. The van der Waals surface area contributed by atoms with Crippen molar-refractivity contribution in [1.29, 1.82) is 0 Å². The summed E-state index contributed by atoms with van der Waals surface area (Å²) in [5.41, 5.74) is 2.34. The predicted molar refractivity (Wildman–Crippen MR) is 117 cm³/mol. The maximum absolute atomic E-state index is 13.2. The second kappa shape index (κ2) is 9.52. The van der Waals surface area contributed by atoms with Gasteiger partial charge in [-0.15, -0.1) is 0 Å². The van der Waals surface area contributed by atoms with E-state index in [-0.39, 0.29) is 17.9 Å². The van der Waals surface area contributed by atoms with E-state index in [0.717, 1.165) is 17.7 Å². The molecule has 0 saturated carbocycles. The Morgan fingerprint density at radius 3 is 2.43 bits per heavy atom. The number of benzene rings is 2. The number of nitrogens with zero attached hydrogens (tertiary/aromatic N) is 2. The van der Waals surface area contributed by atoms with Crippen LogP contribution in [0.1, 0.15) is 25.8 Å². The highest BCUT2D eigenvalue weighted by molar-refractivity contribution is 5.97. The quantitative estimate of drug-likeness (QED) is 0.744. The van der Waals surface area contributed by atoms with E-state index in [1.807, 2.05) is 43.0 Å². The van der Waals surface area contributed by atoms with E-state index >= 15 is 0 Å². The number of anilines is 2. The Hall–Kier alpha value is -3.22. The van der Waals surface area contributed by atoms with Crippen LogP contribution in [0, 0.1) is 5.92 Å². The van der Waals surface area contributed by atoms with Crippen LogP contribution in [0.5, 0.6) is 11.5 Å². The zero-order valence-electron chi connectivity index (χ0n) is 18.0. The summed E-state index contributed by atoms with van der Waals surface area (Å²) in [6.45, 7) is 5.48. The van der Waals surface area contributed by atoms with Crippen LogP contribution in [0.15, 0.2) is 42.5 Å². The first-order chi connectivity index (χ1) is 14.4. The fourth-order valence-electron chi connectivity index (χ4n) is 3.37. The largest absolute Gasteiger partial charge is 0.497 e. The van der Waals surface area contributed by atoms with Gasteiger partial charge in [0, 0.05) is 31.2 Å². The smallest absolute Gasteiger partial charge is 0.324 e. The first-order valence-electron chi connectivity index (χ1n) is 10.1. The SMILES string of the molecule is COc1ccc(CN2CCCN(c3cc(NC(=O)C(C)C)ccc3OC)C2=O)cc1. The summed E-state index contributed by atoms with van der Waals surface area (Å²) in [5.74, 6) is 1.18. The topological polar surface area (TPSA) is 71.1 Å². The first kappa shape index (κ1) is 21.5. The van der Waals surface area contributed by atoms with Crippen molar-refractivity contribution in [1.82, 2.24) is 4.90 Å². The van der Waals surface area contributed by atoms with Crippen LogP contribution in [0.25, 0.3) is 0 Å². The minimum absolute atomic E-state index is 0.0720. The highest BCUT2D eigenvalue weighted by atomic mass is 16.5. The number of ether oxygens (including phenoxy) is 2. The molecule has 2 aromatic carbocycles. The molecule has 0 unspecified atom stereocenters. The van der Waals surface area contributed by atoms with Gasteiger partial charge < -0.3 is 19.7 Å². The van der Waals surface area contributed by atoms with Crippen molar-refractivity contribution in [2.75, 3.05) is 37.5 Å². The number of urea groups is 1. The fourth-order valence-corrected chi connectivity index (χ4v) is 3.37. The molecular weight excluding hydrogens is 382 g/mol. The van der Waals surface area contributed by atoms with Crippen molar-refractivity contribution >= 4 is 23.3 Å². The van der Waals surface area contributed by atoms with E-state index in [2.05, 4.69) is 5.32 Å². The maximum atomic E-state index is 13.2. The van der Waals surface area contributed by atoms with Gasteiger partial charge in [-0.3, -0.25) is 9.69 Å². The lowest BCUT2D eigenvalue weighted by molar-refractivity contribution is -0.118. The molecule has 0 aliphatic carbocycles. The van der Waals surface area contributed by atoms with Crippen LogP contribution in [0.4, 0.5) is 16.2 Å². The molecule has 1 heterocycles. The molecule has 7 nitrogen and oxygen atoms in total. The van der Waals surface area contributed by atoms with E-state index in [0.29, 0.717) is 36.8 Å².